The Bertz CT molecular complexity index is 1420. The van der Waals surface area contributed by atoms with Gasteiger partial charge in [0.2, 0.25) is 5.91 Å². The van der Waals surface area contributed by atoms with Gasteiger partial charge in [-0.25, -0.2) is 4.98 Å². The first kappa shape index (κ1) is 19.8. The number of H-pyrrole nitrogens is 2. The van der Waals surface area contributed by atoms with Crippen LogP contribution in [0.4, 0.5) is 5.69 Å². The van der Waals surface area contributed by atoms with Crippen LogP contribution < -0.4 is 16.5 Å². The van der Waals surface area contributed by atoms with Crippen molar-refractivity contribution in [2.75, 3.05) is 11.9 Å². The van der Waals surface area contributed by atoms with E-state index in [-0.39, 0.29) is 12.5 Å². The zero-order valence-electron chi connectivity index (χ0n) is 17.2. The fourth-order valence-electron chi connectivity index (χ4n) is 3.81. The summed E-state index contributed by atoms with van der Waals surface area (Å²) in [6, 6.07) is 23.4. The number of carbonyl (C=O) groups excluding carboxylic acids is 1. The molecule has 0 saturated heterocycles. The molecule has 3 aromatic carbocycles. The van der Waals surface area contributed by atoms with Gasteiger partial charge in [0.25, 0.3) is 0 Å². The lowest BCUT2D eigenvalue weighted by atomic mass is 9.94. The quantitative estimate of drug-likeness (QED) is 0.329. The van der Waals surface area contributed by atoms with Crippen molar-refractivity contribution in [3.8, 4) is 33.9 Å². The minimum absolute atomic E-state index is 0.0737. The minimum atomic E-state index is -0.246. The Morgan fingerprint density at radius 3 is 2.62 bits per heavy atom. The van der Waals surface area contributed by atoms with E-state index >= 15 is 0 Å². The smallest absolute Gasteiger partial charge is 0.238 e. The third kappa shape index (κ3) is 3.70. The fraction of sp³-hybridized carbons (Fsp3) is 0.0400. The number of nitrogens with one attached hydrogen (secondary N) is 3. The number of hydrogen-bond donors (Lipinski definition) is 4. The van der Waals surface area contributed by atoms with Crippen molar-refractivity contribution in [3.63, 3.8) is 0 Å². The highest BCUT2D eigenvalue weighted by Crippen LogP contribution is 2.35. The third-order valence-corrected chi connectivity index (χ3v) is 5.33. The number of rotatable bonds is 5. The maximum Gasteiger partial charge on any atom is 0.238 e. The van der Waals surface area contributed by atoms with E-state index in [9.17, 15) is 4.79 Å². The number of carbonyl (C=O) groups is 1. The largest absolute Gasteiger partial charge is 0.360 e. The third-order valence-electron chi connectivity index (χ3n) is 5.33. The summed E-state index contributed by atoms with van der Waals surface area (Å²) < 4.78 is 0. The van der Waals surface area contributed by atoms with Crippen LogP contribution in [-0.2, 0) is 4.79 Å². The molecule has 154 valence electrons. The molecule has 0 fully saturated rings. The van der Waals surface area contributed by atoms with Gasteiger partial charge in [-0.15, -0.1) is 0 Å². The number of imidazole rings is 1. The van der Waals surface area contributed by atoms with E-state index in [1.54, 1.807) is 0 Å². The molecule has 5 N–H and O–H groups in total. The van der Waals surface area contributed by atoms with Crippen molar-refractivity contribution < 1.29 is 4.79 Å². The molecule has 2 aromatic heterocycles. The summed E-state index contributed by atoms with van der Waals surface area (Å²) in [5, 5.41) is 3.80. The highest BCUT2D eigenvalue weighted by molar-refractivity contribution is 6.33. The zero-order valence-corrected chi connectivity index (χ0v) is 17.2. The molecule has 0 aliphatic carbocycles. The Kier molecular flexibility index (Phi) is 5.09. The van der Waals surface area contributed by atoms with E-state index in [0.717, 1.165) is 44.8 Å². The van der Waals surface area contributed by atoms with E-state index in [1.807, 2.05) is 79.0 Å². The predicted octanol–water partition coefficient (Wildman–Crippen LogP) is 3.58. The van der Waals surface area contributed by atoms with E-state index in [1.165, 1.54) is 0 Å². The molecule has 1 amide bonds. The van der Waals surface area contributed by atoms with Crippen molar-refractivity contribution in [2.45, 2.75) is 0 Å². The van der Waals surface area contributed by atoms with Crippen LogP contribution in [0.5, 0.6) is 0 Å². The van der Waals surface area contributed by atoms with Gasteiger partial charge in [-0.2, -0.15) is 0 Å². The summed E-state index contributed by atoms with van der Waals surface area (Å²) in [7, 11) is 6.03. The van der Waals surface area contributed by atoms with Crippen LogP contribution in [0.25, 0.3) is 44.8 Å². The fourth-order valence-corrected chi connectivity index (χ4v) is 3.81. The number of aromatic nitrogens is 3. The minimum Gasteiger partial charge on any atom is -0.360 e. The predicted molar refractivity (Wildman–Crippen MR) is 130 cm³/mol. The number of amides is 1. The Morgan fingerprint density at radius 1 is 1.00 bits per heavy atom. The molecule has 5 rings (SSSR count). The molecule has 5 aromatic rings. The lowest BCUT2D eigenvalue weighted by Gasteiger charge is -2.07. The van der Waals surface area contributed by atoms with Crippen LogP contribution in [0.3, 0.4) is 0 Å². The molecule has 0 saturated carbocycles. The summed E-state index contributed by atoms with van der Waals surface area (Å²) in [5.74, 6) is 0.483. The van der Waals surface area contributed by atoms with Crippen molar-refractivity contribution in [1.82, 2.24) is 15.0 Å². The lowest BCUT2D eigenvalue weighted by molar-refractivity contribution is -0.114. The summed E-state index contributed by atoms with van der Waals surface area (Å²) in [5.41, 5.74) is 12.3. The number of nitrogens with two attached hydrogens (primary N) is 1. The molecular weight excluding hydrogens is 397 g/mol. The molecular formula is C25H20BN5O. The van der Waals surface area contributed by atoms with Crippen LogP contribution in [0.15, 0.2) is 79.0 Å². The van der Waals surface area contributed by atoms with Crippen LogP contribution in [0, 0.1) is 0 Å². The second kappa shape index (κ2) is 8.21. The topological polar surface area (TPSA) is 99.6 Å². The molecule has 2 radical (unpaired) electrons. The Morgan fingerprint density at radius 2 is 1.81 bits per heavy atom. The summed E-state index contributed by atoms with van der Waals surface area (Å²) in [6.45, 7) is -0.0737. The molecule has 0 aliphatic rings. The van der Waals surface area contributed by atoms with Crippen LogP contribution in [0.1, 0.15) is 0 Å². The maximum atomic E-state index is 11.8. The van der Waals surface area contributed by atoms with Gasteiger partial charge in [0.1, 0.15) is 13.7 Å². The van der Waals surface area contributed by atoms with E-state index < -0.39 is 0 Å². The van der Waals surface area contributed by atoms with Crippen molar-refractivity contribution in [1.29, 1.82) is 0 Å². The summed E-state index contributed by atoms with van der Waals surface area (Å²) >= 11 is 0. The summed E-state index contributed by atoms with van der Waals surface area (Å²) in [4.78, 5) is 23.5. The molecule has 6 nitrogen and oxygen atoms in total. The first-order chi connectivity index (χ1) is 15.6. The molecule has 32 heavy (non-hydrogen) atoms. The van der Waals surface area contributed by atoms with Gasteiger partial charge in [0.15, 0.2) is 0 Å². The molecule has 2 heterocycles. The first-order valence-corrected chi connectivity index (χ1v) is 10.2. The average molecular weight is 417 g/mol. The van der Waals surface area contributed by atoms with Crippen LogP contribution in [0.2, 0.25) is 0 Å². The Hall–Kier alpha value is -4.10. The second-order valence-corrected chi connectivity index (χ2v) is 7.52. The second-order valence-electron chi connectivity index (χ2n) is 7.52. The Balaban J connectivity index is 1.67. The van der Waals surface area contributed by atoms with Gasteiger partial charge in [-0.05, 0) is 18.2 Å². The number of aromatic amines is 2. The number of benzene rings is 3. The first-order valence-electron chi connectivity index (χ1n) is 10.2. The summed E-state index contributed by atoms with van der Waals surface area (Å²) in [6.07, 6.45) is 1.93. The lowest BCUT2D eigenvalue weighted by Crippen LogP contribution is -2.21. The molecule has 0 bridgehead atoms. The van der Waals surface area contributed by atoms with Crippen LogP contribution in [-0.4, -0.2) is 35.3 Å². The average Bonchev–Trinajstić information content (AvgIpc) is 3.44. The zero-order chi connectivity index (χ0) is 22.1. The molecule has 0 unspecified atom stereocenters. The Labute approximate surface area is 186 Å². The molecule has 0 aliphatic heterocycles. The normalized spacial score (nSPS) is 11.0. The monoisotopic (exact) mass is 417 g/mol. The standard InChI is InChI=1S/C25H20BN5O/c26-17-9-10-21-19(12-17)20(14-28-21)25-30-23(15-5-2-1-3-6-15)24(31-25)16-7-4-8-18(11-16)29-22(32)13-27/h1-12,14,28H,13,27H2,(H,29,32)(H,30,31). The highest BCUT2D eigenvalue weighted by atomic mass is 16.1. The van der Waals surface area contributed by atoms with E-state index in [4.69, 9.17) is 18.6 Å². The SMILES string of the molecule is [B]c1ccc2[nH]cc(-c3nc(-c4cccc(NC(=O)CN)c4)c(-c4ccccc4)[nH]3)c2c1. The number of anilines is 1. The van der Waals surface area contributed by atoms with Gasteiger partial charge in [0.05, 0.1) is 17.9 Å². The number of fused-ring (bicyclic) bond motifs is 1. The van der Waals surface area contributed by atoms with Crippen LogP contribution >= 0.6 is 0 Å². The molecule has 7 heteroatoms. The van der Waals surface area contributed by atoms with Gasteiger partial charge >= 0.3 is 0 Å². The number of hydrogen-bond acceptors (Lipinski definition) is 3. The highest BCUT2D eigenvalue weighted by Gasteiger charge is 2.18. The number of nitrogens with zero attached hydrogens (tertiary/aromatic N) is 1. The van der Waals surface area contributed by atoms with Crippen molar-refractivity contribution in [3.05, 3.63) is 79.0 Å². The molecule has 0 spiro atoms. The van der Waals surface area contributed by atoms with Gasteiger partial charge in [-0.1, -0.05) is 60.1 Å². The maximum absolute atomic E-state index is 11.8. The van der Waals surface area contributed by atoms with E-state index in [0.29, 0.717) is 11.2 Å². The van der Waals surface area contributed by atoms with Gasteiger partial charge < -0.3 is 21.0 Å². The van der Waals surface area contributed by atoms with Crippen molar-refractivity contribution >= 4 is 35.8 Å². The molecule has 0 atom stereocenters. The van der Waals surface area contributed by atoms with Gasteiger partial charge in [-0.3, -0.25) is 4.79 Å². The van der Waals surface area contributed by atoms with Crippen molar-refractivity contribution in [2.24, 2.45) is 5.73 Å². The van der Waals surface area contributed by atoms with E-state index in [2.05, 4.69) is 15.3 Å². The van der Waals surface area contributed by atoms with Gasteiger partial charge in [0, 0.05) is 39.5 Å².